The van der Waals surface area contributed by atoms with Gasteiger partial charge in [-0.15, -0.1) is 0 Å². The van der Waals surface area contributed by atoms with Crippen LogP contribution in [0.5, 0.6) is 0 Å². The van der Waals surface area contributed by atoms with E-state index in [1.54, 1.807) is 11.9 Å². The van der Waals surface area contributed by atoms with Crippen molar-refractivity contribution in [2.24, 2.45) is 5.92 Å². The Balaban J connectivity index is 1.61. The molecule has 41 heavy (non-hydrogen) atoms. The third-order valence-corrected chi connectivity index (χ3v) is 8.53. The van der Waals surface area contributed by atoms with Gasteiger partial charge in [0, 0.05) is 25.6 Å². The van der Waals surface area contributed by atoms with Crippen molar-refractivity contribution in [2.75, 3.05) is 20.2 Å². The third kappa shape index (κ3) is 8.06. The topological polar surface area (TPSA) is 90.9 Å². The maximum atomic E-state index is 13.8. The fraction of sp³-hybridized carbons (Fsp3) is 0.529. The molecule has 0 radical (unpaired) electrons. The Kier molecular flexibility index (Phi) is 11.1. The van der Waals surface area contributed by atoms with Crippen molar-refractivity contribution in [1.82, 2.24) is 15.5 Å². The van der Waals surface area contributed by atoms with Gasteiger partial charge in [-0.25, -0.2) is 0 Å². The molecule has 0 saturated carbocycles. The maximum Gasteiger partial charge on any atom is 0.243 e. The number of hydrogen-bond donors (Lipinski definition) is 3. The fourth-order valence-electron chi connectivity index (χ4n) is 5.98. The number of carbonyl (C=O) groups is 2. The first-order valence-electron chi connectivity index (χ1n) is 15.2. The van der Waals surface area contributed by atoms with Crippen LogP contribution in [0.25, 0.3) is 0 Å². The van der Waals surface area contributed by atoms with Gasteiger partial charge in [0.25, 0.3) is 0 Å². The van der Waals surface area contributed by atoms with Crippen LogP contribution < -0.4 is 10.6 Å². The van der Waals surface area contributed by atoms with E-state index in [1.165, 1.54) is 16.7 Å². The number of fused-ring (bicyclic) bond motifs is 5. The SMILES string of the molecule is CCCC[C@H](C)C(=O)N(C)[C@H]1CC=CCO[C@@H]2CC(NC[C@@H](O)[C@H](Cc3ccccc3)NC1=O)c1cc(C)ccc12. The Hall–Kier alpha value is -3.00. The lowest BCUT2D eigenvalue weighted by atomic mass is 9.98. The Morgan fingerprint density at radius 3 is 2.68 bits per heavy atom. The summed E-state index contributed by atoms with van der Waals surface area (Å²) in [6.45, 7) is 6.87. The first kappa shape index (κ1) is 30.9. The molecule has 2 aromatic rings. The molecular weight excluding hydrogens is 514 g/mol. The number of nitrogens with one attached hydrogen (secondary N) is 2. The number of hydrogen-bond acceptors (Lipinski definition) is 5. The summed E-state index contributed by atoms with van der Waals surface area (Å²) in [7, 11) is 1.72. The summed E-state index contributed by atoms with van der Waals surface area (Å²) in [6.07, 6.45) is 7.42. The number of ether oxygens (including phenoxy) is 1. The second-order valence-corrected chi connectivity index (χ2v) is 11.7. The molecule has 222 valence electrons. The molecule has 3 N–H and O–H groups in total. The van der Waals surface area contributed by atoms with Crippen molar-refractivity contribution in [2.45, 2.75) is 89.6 Å². The Bertz CT molecular complexity index is 1180. The lowest BCUT2D eigenvalue weighted by molar-refractivity contribution is -0.142. The minimum atomic E-state index is -0.835. The normalized spacial score (nSPS) is 25.9. The maximum absolute atomic E-state index is 13.8. The predicted molar refractivity (Wildman–Crippen MR) is 162 cm³/mol. The summed E-state index contributed by atoms with van der Waals surface area (Å²) in [5.41, 5.74) is 4.61. The molecule has 2 amide bonds. The second kappa shape index (κ2) is 14.8. The van der Waals surface area contributed by atoms with Gasteiger partial charge < -0.3 is 25.4 Å². The van der Waals surface area contributed by atoms with Crippen molar-refractivity contribution >= 4 is 11.8 Å². The van der Waals surface area contributed by atoms with Gasteiger partial charge in [-0.2, -0.15) is 0 Å². The van der Waals surface area contributed by atoms with Crippen LogP contribution in [0.2, 0.25) is 0 Å². The number of aryl methyl sites for hydroxylation is 1. The van der Waals surface area contributed by atoms with Gasteiger partial charge >= 0.3 is 0 Å². The molecule has 7 nitrogen and oxygen atoms in total. The van der Waals surface area contributed by atoms with Crippen LogP contribution in [0.4, 0.5) is 0 Å². The van der Waals surface area contributed by atoms with Gasteiger partial charge in [0.1, 0.15) is 6.04 Å². The van der Waals surface area contributed by atoms with Crippen LogP contribution in [0.1, 0.15) is 80.4 Å². The first-order chi connectivity index (χ1) is 19.8. The molecule has 2 aromatic carbocycles. The minimum Gasteiger partial charge on any atom is -0.390 e. The molecule has 4 rings (SSSR count). The molecule has 0 spiro atoms. The number of aliphatic hydroxyl groups excluding tert-OH is 1. The lowest BCUT2D eigenvalue weighted by Gasteiger charge is -2.32. The standard InChI is InChI=1S/C34H47N3O4/c1-5-6-12-24(3)34(40)37(4)30-15-10-11-18-41-32-21-28(27-19-23(2)16-17-26(27)32)35-22-31(38)29(36-33(30)39)20-25-13-8-7-9-14-25/h7-11,13-14,16-17,19,24,28-32,35,38H,5-6,12,15,18,20-22H2,1-4H3,(H,36,39)/t24-,28?,29-,30-,31+,32+/m0/s1. The van der Waals surface area contributed by atoms with Gasteiger partial charge in [0.15, 0.2) is 0 Å². The van der Waals surface area contributed by atoms with Gasteiger partial charge in [-0.05, 0) is 49.3 Å². The number of rotatable bonds is 7. The average molecular weight is 562 g/mol. The van der Waals surface area contributed by atoms with Gasteiger partial charge in [0.2, 0.25) is 11.8 Å². The first-order valence-corrected chi connectivity index (χ1v) is 15.2. The summed E-state index contributed by atoms with van der Waals surface area (Å²) in [5, 5.41) is 18.2. The summed E-state index contributed by atoms with van der Waals surface area (Å²) < 4.78 is 6.28. The highest BCUT2D eigenvalue weighted by Crippen LogP contribution is 2.41. The zero-order valence-corrected chi connectivity index (χ0v) is 25.0. The van der Waals surface area contributed by atoms with E-state index in [-0.39, 0.29) is 29.9 Å². The summed E-state index contributed by atoms with van der Waals surface area (Å²) in [6, 6.07) is 15.2. The molecule has 1 aliphatic heterocycles. The van der Waals surface area contributed by atoms with Gasteiger partial charge in [0.05, 0.1) is 24.9 Å². The van der Waals surface area contributed by atoms with E-state index in [9.17, 15) is 14.7 Å². The molecule has 0 aromatic heterocycles. The van der Waals surface area contributed by atoms with Crippen LogP contribution in [0.3, 0.4) is 0 Å². The molecule has 6 atom stereocenters. The Labute approximate surface area is 245 Å². The Morgan fingerprint density at radius 2 is 1.93 bits per heavy atom. The molecule has 7 heteroatoms. The zero-order valence-electron chi connectivity index (χ0n) is 25.0. The van der Waals surface area contributed by atoms with E-state index < -0.39 is 18.2 Å². The van der Waals surface area contributed by atoms with Gasteiger partial charge in [-0.3, -0.25) is 9.59 Å². The van der Waals surface area contributed by atoms with Crippen molar-refractivity contribution in [3.63, 3.8) is 0 Å². The van der Waals surface area contributed by atoms with E-state index in [2.05, 4.69) is 42.7 Å². The zero-order chi connectivity index (χ0) is 29.4. The number of carbonyl (C=O) groups excluding carboxylic acids is 2. The summed E-state index contributed by atoms with van der Waals surface area (Å²) in [4.78, 5) is 28.7. The fourth-order valence-corrected chi connectivity index (χ4v) is 5.98. The van der Waals surface area contributed by atoms with E-state index in [0.717, 1.165) is 31.2 Å². The van der Waals surface area contributed by atoms with Crippen LogP contribution in [-0.2, 0) is 20.7 Å². The van der Waals surface area contributed by atoms with E-state index in [1.807, 2.05) is 49.4 Å². The van der Waals surface area contributed by atoms with Crippen LogP contribution in [-0.4, -0.2) is 60.2 Å². The number of benzene rings is 2. The van der Waals surface area contributed by atoms with E-state index in [0.29, 0.717) is 26.0 Å². The molecule has 0 saturated heterocycles. The molecule has 1 heterocycles. The third-order valence-electron chi connectivity index (χ3n) is 8.53. The van der Waals surface area contributed by atoms with Crippen LogP contribution in [0.15, 0.2) is 60.7 Å². The van der Waals surface area contributed by atoms with Crippen molar-refractivity contribution < 1.29 is 19.4 Å². The highest BCUT2D eigenvalue weighted by molar-refractivity contribution is 5.88. The molecule has 2 aliphatic rings. The van der Waals surface area contributed by atoms with Crippen molar-refractivity contribution in [3.8, 4) is 0 Å². The van der Waals surface area contributed by atoms with Crippen molar-refractivity contribution in [3.05, 3.63) is 82.9 Å². The highest BCUT2D eigenvalue weighted by atomic mass is 16.5. The molecule has 1 unspecified atom stereocenters. The number of β-amino-alcohol motifs (C(OH)–C–C–N with tert-alkyl or cyclic N) is 1. The smallest absolute Gasteiger partial charge is 0.243 e. The average Bonchev–Trinajstić information content (AvgIpc) is 3.31. The number of likely N-dealkylation sites (N-methyl/N-ethyl adjacent to an activating group) is 1. The Morgan fingerprint density at radius 1 is 1.15 bits per heavy atom. The van der Waals surface area contributed by atoms with Crippen LogP contribution in [0, 0.1) is 12.8 Å². The quantitative estimate of drug-likeness (QED) is 0.423. The summed E-state index contributed by atoms with van der Waals surface area (Å²) in [5.74, 6) is -0.454. The molecule has 1 aliphatic carbocycles. The van der Waals surface area contributed by atoms with E-state index in [4.69, 9.17) is 4.74 Å². The molecule has 2 bridgehead atoms. The number of nitrogens with zero attached hydrogens (tertiary/aromatic N) is 1. The van der Waals surface area contributed by atoms with Crippen LogP contribution >= 0.6 is 0 Å². The molecule has 0 fully saturated rings. The predicted octanol–water partition coefficient (Wildman–Crippen LogP) is 4.79. The van der Waals surface area contributed by atoms with E-state index >= 15 is 0 Å². The highest BCUT2D eigenvalue weighted by Gasteiger charge is 2.34. The summed E-state index contributed by atoms with van der Waals surface area (Å²) >= 11 is 0. The van der Waals surface area contributed by atoms with Crippen molar-refractivity contribution in [1.29, 1.82) is 0 Å². The number of amides is 2. The second-order valence-electron chi connectivity index (χ2n) is 11.7. The number of unbranched alkanes of at least 4 members (excludes halogenated alkanes) is 1. The monoisotopic (exact) mass is 561 g/mol. The molecular formula is C34H47N3O4. The van der Waals surface area contributed by atoms with Gasteiger partial charge in [-0.1, -0.05) is 92.9 Å². The minimum absolute atomic E-state index is 0.0350. The number of aliphatic hydroxyl groups is 1. The lowest BCUT2D eigenvalue weighted by Crippen LogP contribution is -2.55. The largest absolute Gasteiger partial charge is 0.390 e.